The Kier molecular flexibility index (Phi) is 8.48. The maximum absolute atomic E-state index is 13.2. The topological polar surface area (TPSA) is 133 Å². The van der Waals surface area contributed by atoms with Crippen molar-refractivity contribution in [2.24, 2.45) is 5.92 Å². The molecule has 2 heterocycles. The van der Waals surface area contributed by atoms with Gasteiger partial charge in [0.1, 0.15) is 16.1 Å². The van der Waals surface area contributed by atoms with E-state index in [1.807, 2.05) is 6.92 Å². The quantitative estimate of drug-likeness (QED) is 0.515. The molecule has 0 bridgehead atoms. The van der Waals surface area contributed by atoms with Gasteiger partial charge in [-0.1, -0.05) is 13.0 Å². The van der Waals surface area contributed by atoms with Crippen molar-refractivity contribution in [3.8, 4) is 5.75 Å². The van der Waals surface area contributed by atoms with Crippen LogP contribution >= 0.6 is 11.3 Å². The van der Waals surface area contributed by atoms with Gasteiger partial charge in [0.2, 0.25) is 15.9 Å². The van der Waals surface area contributed by atoms with E-state index >= 15 is 0 Å². The van der Waals surface area contributed by atoms with Gasteiger partial charge in [0.25, 0.3) is 10.0 Å². The van der Waals surface area contributed by atoms with Gasteiger partial charge in [0, 0.05) is 30.8 Å². The summed E-state index contributed by atoms with van der Waals surface area (Å²) in [5, 5.41) is 11.4. The van der Waals surface area contributed by atoms with Crippen molar-refractivity contribution in [2.45, 2.75) is 36.6 Å². The Morgan fingerprint density at radius 3 is 2.60 bits per heavy atom. The van der Waals surface area contributed by atoms with Crippen LogP contribution in [0.2, 0.25) is 0 Å². The zero-order valence-corrected chi connectivity index (χ0v) is 22.5. The summed E-state index contributed by atoms with van der Waals surface area (Å²) in [4.78, 5) is 14.8. The molecule has 0 unspecified atom stereocenters. The third-order valence-electron chi connectivity index (χ3n) is 5.93. The minimum absolute atomic E-state index is 0.0573. The lowest BCUT2D eigenvalue weighted by Gasteiger charge is -2.33. The van der Waals surface area contributed by atoms with Gasteiger partial charge in [0.05, 0.1) is 31.9 Å². The minimum Gasteiger partial charge on any atom is -0.488 e. The Morgan fingerprint density at radius 2 is 2.00 bits per heavy atom. The summed E-state index contributed by atoms with van der Waals surface area (Å²) >= 11 is 1.09. The Morgan fingerprint density at radius 1 is 1.29 bits per heavy atom. The third kappa shape index (κ3) is 6.73. The fourth-order valence-corrected chi connectivity index (χ4v) is 6.18. The number of sulfonamides is 2. The molecule has 0 radical (unpaired) electrons. The molecule has 0 saturated carbocycles. The fourth-order valence-electron chi connectivity index (χ4n) is 3.72. The van der Waals surface area contributed by atoms with E-state index in [4.69, 9.17) is 4.74 Å². The molecule has 3 rings (SSSR count). The second kappa shape index (κ2) is 10.8. The van der Waals surface area contributed by atoms with Crippen LogP contribution in [0.5, 0.6) is 5.75 Å². The number of aliphatic hydroxyl groups excluding tert-OH is 1. The Hall–Kier alpha value is -2.19. The molecule has 1 aromatic heterocycles. The second-order valence-electron chi connectivity index (χ2n) is 8.79. The molecule has 1 amide bonds. The van der Waals surface area contributed by atoms with Crippen LogP contribution in [0.4, 0.5) is 5.69 Å². The van der Waals surface area contributed by atoms with E-state index in [-0.39, 0.29) is 47.8 Å². The monoisotopic (exact) mass is 545 g/mol. The van der Waals surface area contributed by atoms with E-state index in [1.54, 1.807) is 41.5 Å². The van der Waals surface area contributed by atoms with Crippen LogP contribution in [0.1, 0.15) is 19.4 Å². The first-order chi connectivity index (χ1) is 16.3. The molecule has 194 valence electrons. The number of anilines is 1. The van der Waals surface area contributed by atoms with Crippen molar-refractivity contribution in [3.05, 3.63) is 41.3 Å². The van der Waals surface area contributed by atoms with E-state index < -0.39 is 32.2 Å². The maximum Gasteiger partial charge on any atom is 0.271 e. The lowest BCUT2D eigenvalue weighted by Crippen LogP contribution is -2.48. The highest BCUT2D eigenvalue weighted by atomic mass is 32.2. The molecule has 0 spiro atoms. The van der Waals surface area contributed by atoms with Crippen LogP contribution in [0.15, 0.2) is 39.9 Å². The lowest BCUT2D eigenvalue weighted by molar-refractivity contribution is -0.134. The number of amides is 1. The number of fused-ring (bicyclic) bond motifs is 1. The number of hydrogen-bond acceptors (Lipinski definition) is 8. The van der Waals surface area contributed by atoms with Crippen molar-refractivity contribution in [3.63, 3.8) is 0 Å². The smallest absolute Gasteiger partial charge is 0.271 e. The summed E-state index contributed by atoms with van der Waals surface area (Å²) in [6.45, 7) is 3.67. The zero-order valence-electron chi connectivity index (χ0n) is 20.0. The number of ether oxygens (including phenoxy) is 1. The van der Waals surface area contributed by atoms with Gasteiger partial charge < -0.3 is 14.7 Å². The molecule has 0 saturated heterocycles. The standard InChI is InChI=1S/C22H31N3O7S3/c1-15-12-25(16(2)14-26)21(27)11-17-10-18(23-35(30,31)22-6-5-9-33-22)7-8-19(17)32-20(15)13-24(3)34(4,28)29/h5-10,15-16,20,23,26H,11-14H2,1-4H3/t15-,16-,20-/m1/s1. The number of aliphatic hydroxyl groups is 1. The number of benzene rings is 1. The number of thiophene rings is 1. The molecule has 1 aromatic carbocycles. The van der Waals surface area contributed by atoms with Gasteiger partial charge in [-0.25, -0.2) is 21.1 Å². The summed E-state index contributed by atoms with van der Waals surface area (Å²) in [5.74, 6) is -0.145. The predicted octanol–water partition coefficient (Wildman–Crippen LogP) is 1.59. The highest BCUT2D eigenvalue weighted by Gasteiger charge is 2.32. The van der Waals surface area contributed by atoms with Crippen LogP contribution in [-0.2, 0) is 31.3 Å². The molecule has 10 nitrogen and oxygen atoms in total. The maximum atomic E-state index is 13.2. The van der Waals surface area contributed by atoms with Crippen molar-refractivity contribution >= 4 is 43.0 Å². The molecule has 13 heteroatoms. The first kappa shape index (κ1) is 27.4. The SMILES string of the molecule is C[C@@H]1CN([C@H](C)CO)C(=O)Cc2cc(NS(=O)(=O)c3cccs3)ccc2O[C@@H]1CN(C)S(C)(=O)=O. The van der Waals surface area contributed by atoms with Crippen molar-refractivity contribution in [2.75, 3.05) is 37.7 Å². The van der Waals surface area contributed by atoms with Crippen molar-refractivity contribution < 1.29 is 31.5 Å². The van der Waals surface area contributed by atoms with E-state index in [0.29, 0.717) is 11.3 Å². The predicted molar refractivity (Wildman–Crippen MR) is 135 cm³/mol. The van der Waals surface area contributed by atoms with E-state index in [1.165, 1.54) is 17.4 Å². The number of hydrogen-bond donors (Lipinski definition) is 2. The second-order valence-corrected chi connectivity index (χ2v) is 13.7. The molecule has 35 heavy (non-hydrogen) atoms. The molecule has 1 aliphatic heterocycles. The number of carbonyl (C=O) groups is 1. The van der Waals surface area contributed by atoms with E-state index in [2.05, 4.69) is 4.72 Å². The zero-order chi connectivity index (χ0) is 26.0. The van der Waals surface area contributed by atoms with Crippen LogP contribution in [-0.4, -0.2) is 82.2 Å². The molecule has 2 aromatic rings. The molecular weight excluding hydrogens is 514 g/mol. The van der Waals surface area contributed by atoms with Gasteiger partial charge >= 0.3 is 0 Å². The molecule has 2 N–H and O–H groups in total. The van der Waals surface area contributed by atoms with Crippen molar-refractivity contribution in [1.82, 2.24) is 9.21 Å². The average Bonchev–Trinajstić information content (AvgIpc) is 3.33. The molecule has 0 aliphatic carbocycles. The Balaban J connectivity index is 2.00. The molecule has 3 atom stereocenters. The van der Waals surface area contributed by atoms with Crippen LogP contribution in [0.25, 0.3) is 0 Å². The van der Waals surface area contributed by atoms with Gasteiger partial charge in [-0.3, -0.25) is 9.52 Å². The largest absolute Gasteiger partial charge is 0.488 e. The molecule has 0 fully saturated rings. The van der Waals surface area contributed by atoms with E-state index in [9.17, 15) is 26.7 Å². The summed E-state index contributed by atoms with van der Waals surface area (Å²) < 4.78 is 59.5. The molecular formula is C22H31N3O7S3. The van der Waals surface area contributed by atoms with Gasteiger partial charge in [0.15, 0.2) is 0 Å². The van der Waals surface area contributed by atoms with Gasteiger partial charge in [-0.15, -0.1) is 11.3 Å². The number of carbonyl (C=O) groups excluding carboxylic acids is 1. The van der Waals surface area contributed by atoms with Crippen LogP contribution < -0.4 is 9.46 Å². The van der Waals surface area contributed by atoms with Crippen LogP contribution in [0, 0.1) is 5.92 Å². The van der Waals surface area contributed by atoms with Gasteiger partial charge in [-0.2, -0.15) is 0 Å². The number of nitrogens with zero attached hydrogens (tertiary/aromatic N) is 2. The Labute approximate surface area is 210 Å². The number of nitrogens with one attached hydrogen (secondary N) is 1. The minimum atomic E-state index is -3.79. The van der Waals surface area contributed by atoms with Gasteiger partial charge in [-0.05, 0) is 36.6 Å². The Bertz CT molecular complexity index is 1250. The summed E-state index contributed by atoms with van der Waals surface area (Å²) in [6, 6.07) is 7.35. The first-order valence-electron chi connectivity index (χ1n) is 11.0. The van der Waals surface area contributed by atoms with Crippen molar-refractivity contribution in [1.29, 1.82) is 0 Å². The third-order valence-corrected chi connectivity index (χ3v) is 9.99. The highest BCUT2D eigenvalue weighted by molar-refractivity contribution is 7.94. The number of rotatable bonds is 8. The molecule has 1 aliphatic rings. The lowest BCUT2D eigenvalue weighted by atomic mass is 10.0. The highest BCUT2D eigenvalue weighted by Crippen LogP contribution is 2.30. The van der Waals surface area contributed by atoms with Crippen LogP contribution in [0.3, 0.4) is 0 Å². The summed E-state index contributed by atoms with van der Waals surface area (Å²) in [7, 11) is -5.80. The number of likely N-dealkylation sites (N-methyl/N-ethyl adjacent to an activating group) is 1. The van der Waals surface area contributed by atoms with E-state index in [0.717, 1.165) is 17.6 Å². The first-order valence-corrected chi connectivity index (χ1v) is 15.2. The summed E-state index contributed by atoms with van der Waals surface area (Å²) in [5.41, 5.74) is 0.727. The summed E-state index contributed by atoms with van der Waals surface area (Å²) in [6.07, 6.45) is 0.438. The average molecular weight is 546 g/mol. The fraction of sp³-hybridized carbons (Fsp3) is 0.500. The normalized spacial score (nSPS) is 20.4.